The van der Waals surface area contributed by atoms with Crippen LogP contribution >= 0.6 is 11.6 Å². The van der Waals surface area contributed by atoms with Gasteiger partial charge in [0.2, 0.25) is 11.8 Å². The first kappa shape index (κ1) is 59.4. The van der Waals surface area contributed by atoms with Gasteiger partial charge in [0.05, 0.1) is 112 Å². The van der Waals surface area contributed by atoms with Crippen molar-refractivity contribution in [1.29, 1.82) is 0 Å². The minimum Gasteiger partial charge on any atom is -0.491 e. The molecule has 0 saturated carbocycles. The Balaban J connectivity index is 0.899. The molecule has 0 radical (unpaired) electrons. The minimum atomic E-state index is -0.800. The average Bonchev–Trinajstić information content (AvgIpc) is 3.62. The molecular weight excluding hydrogens is 966 g/mol. The Morgan fingerprint density at radius 2 is 1.15 bits per heavy atom. The van der Waals surface area contributed by atoms with Crippen molar-refractivity contribution in [2.45, 2.75) is 84.7 Å². The van der Waals surface area contributed by atoms with E-state index in [1.807, 2.05) is 6.07 Å². The summed E-state index contributed by atoms with van der Waals surface area (Å²) in [4.78, 5) is 77.0. The highest BCUT2D eigenvalue weighted by Crippen LogP contribution is 2.29. The number of nitrogens with zero attached hydrogens (tertiary/aromatic N) is 2. The highest BCUT2D eigenvalue weighted by molar-refractivity contribution is 6.31. The topological polar surface area (TPSA) is 247 Å². The molecule has 0 aliphatic carbocycles. The number of carbonyl (C=O) groups is 6. The minimum absolute atomic E-state index is 0.0292. The molecule has 23 heteroatoms. The lowest BCUT2D eigenvalue weighted by molar-refractivity contribution is -0.136. The molecule has 0 spiro atoms. The third kappa shape index (κ3) is 23.6. The van der Waals surface area contributed by atoms with Crippen LogP contribution in [0.3, 0.4) is 0 Å². The van der Waals surface area contributed by atoms with Crippen molar-refractivity contribution in [3.8, 4) is 5.75 Å². The van der Waals surface area contributed by atoms with Gasteiger partial charge in [-0.3, -0.25) is 19.7 Å². The molecule has 2 aromatic rings. The number of imide groups is 2. The fourth-order valence-electron chi connectivity index (χ4n) is 6.72. The highest BCUT2D eigenvalue weighted by Gasteiger charge is 2.39. The second kappa shape index (κ2) is 31.4. The largest absolute Gasteiger partial charge is 0.491 e. The molecule has 2 aliphatic heterocycles. The van der Waals surface area contributed by atoms with Gasteiger partial charge in [-0.1, -0.05) is 23.7 Å². The molecule has 402 valence electrons. The summed E-state index contributed by atoms with van der Waals surface area (Å²) in [5.74, 6) is -0.625. The lowest BCUT2D eigenvalue weighted by Gasteiger charge is -2.29. The molecule has 7 amide bonds. The molecule has 1 atom stereocenters. The van der Waals surface area contributed by atoms with Gasteiger partial charge < -0.3 is 67.6 Å². The predicted molar refractivity (Wildman–Crippen MR) is 261 cm³/mol. The van der Waals surface area contributed by atoms with Crippen molar-refractivity contribution in [2.75, 3.05) is 124 Å². The Bertz CT molecular complexity index is 2020. The van der Waals surface area contributed by atoms with Crippen molar-refractivity contribution >= 4 is 53.2 Å². The van der Waals surface area contributed by atoms with E-state index in [0.29, 0.717) is 115 Å². The molecule has 2 aromatic carbocycles. The number of benzene rings is 2. The lowest BCUT2D eigenvalue weighted by atomic mass is 10.0. The summed E-state index contributed by atoms with van der Waals surface area (Å²) in [7, 11) is 0. The first-order valence-corrected chi connectivity index (χ1v) is 24.4. The van der Waals surface area contributed by atoms with Crippen LogP contribution in [0.1, 0.15) is 75.9 Å². The molecule has 72 heavy (non-hydrogen) atoms. The summed E-state index contributed by atoms with van der Waals surface area (Å²) >= 11 is 6.28. The Morgan fingerprint density at radius 1 is 0.667 bits per heavy atom. The molecule has 1 saturated heterocycles. The van der Waals surface area contributed by atoms with E-state index in [1.54, 1.807) is 71.9 Å². The van der Waals surface area contributed by atoms with Crippen LogP contribution in [0.5, 0.6) is 5.75 Å². The van der Waals surface area contributed by atoms with Gasteiger partial charge in [-0.05, 0) is 77.3 Å². The quantitative estimate of drug-likeness (QED) is 0.0637. The van der Waals surface area contributed by atoms with Crippen LogP contribution in [0.15, 0.2) is 36.4 Å². The molecule has 0 aromatic heterocycles. The van der Waals surface area contributed by atoms with Crippen molar-refractivity contribution < 1.29 is 80.9 Å². The summed E-state index contributed by atoms with van der Waals surface area (Å²) < 4.78 is 60.6. The van der Waals surface area contributed by atoms with Crippen LogP contribution in [-0.4, -0.2) is 182 Å². The molecule has 1 fully saturated rings. The van der Waals surface area contributed by atoms with E-state index in [9.17, 15) is 28.8 Å². The predicted octanol–water partition coefficient (Wildman–Crippen LogP) is 5.11. The molecule has 2 aliphatic rings. The van der Waals surface area contributed by atoms with Gasteiger partial charge in [0.25, 0.3) is 5.91 Å². The van der Waals surface area contributed by atoms with E-state index in [2.05, 4.69) is 16.0 Å². The average molecular weight is 1040 g/mol. The monoisotopic (exact) mass is 1040 g/mol. The molecular formula is C49H72ClN5O17. The summed E-state index contributed by atoms with van der Waals surface area (Å²) in [6.07, 6.45) is -1.14. The molecule has 3 N–H and O–H groups in total. The number of ether oxygens (including phenoxy) is 11. The SMILES string of the molecule is CC(C)(C)OC(=O)N(CCOCCOCCOCCOCCOCCOCCOCCOCCOc1cc(Cl)cc(NC(=O)NCc2ccc3c(c2)CN(C2CCC(=O)NC2=O)C3=O)c1)C(=O)OC(C)(C)C. The van der Waals surface area contributed by atoms with E-state index in [-0.39, 0.29) is 64.1 Å². The zero-order valence-electron chi connectivity index (χ0n) is 42.3. The second-order valence-electron chi connectivity index (χ2n) is 18.2. The maximum Gasteiger partial charge on any atom is 0.419 e. The molecule has 4 rings (SSSR count). The summed E-state index contributed by atoms with van der Waals surface area (Å²) in [5, 5.41) is 8.21. The Kier molecular flexibility index (Phi) is 25.9. The third-order valence-corrected chi connectivity index (χ3v) is 10.2. The first-order valence-electron chi connectivity index (χ1n) is 24.0. The zero-order chi connectivity index (χ0) is 52.4. The second-order valence-corrected chi connectivity index (χ2v) is 18.7. The molecule has 1 unspecified atom stereocenters. The Hall–Kier alpha value is -5.17. The molecule has 2 heterocycles. The number of halogens is 1. The van der Waals surface area contributed by atoms with Crippen LogP contribution in [-0.2, 0) is 70.0 Å². The molecule has 0 bridgehead atoms. The number of rotatable bonds is 32. The van der Waals surface area contributed by atoms with Gasteiger partial charge in [-0.2, -0.15) is 0 Å². The van der Waals surface area contributed by atoms with Crippen molar-refractivity contribution in [3.63, 3.8) is 0 Å². The standard InChI is InChI=1S/C49H72ClN5O17/c1-48(2,3)71-46(60)54(47(61)72-49(4,5)6)11-12-62-13-14-63-15-16-64-17-18-65-19-20-66-21-22-67-23-24-68-25-26-69-27-28-70-39-31-37(50)30-38(32-39)52-45(59)51-33-35-7-8-40-36(29-35)34-55(44(40)58)41-9-10-42(56)53-43(41)57/h7-8,29-32,41H,9-28,33-34H2,1-6H3,(H2,51,52,59)(H,53,56,57). The smallest absolute Gasteiger partial charge is 0.419 e. The van der Waals surface area contributed by atoms with Gasteiger partial charge in [0.15, 0.2) is 0 Å². The van der Waals surface area contributed by atoms with Crippen molar-refractivity contribution in [2.24, 2.45) is 0 Å². The van der Waals surface area contributed by atoms with Gasteiger partial charge in [0.1, 0.15) is 29.6 Å². The zero-order valence-corrected chi connectivity index (χ0v) is 43.1. The maximum absolute atomic E-state index is 13.0. The number of hydrogen-bond acceptors (Lipinski definition) is 17. The third-order valence-electron chi connectivity index (χ3n) is 9.96. The number of nitrogens with one attached hydrogen (secondary N) is 3. The van der Waals surface area contributed by atoms with Crippen LogP contribution in [0.4, 0.5) is 20.1 Å². The Labute approximate surface area is 426 Å². The number of urea groups is 1. The number of fused-ring (bicyclic) bond motifs is 1. The Morgan fingerprint density at radius 3 is 1.64 bits per heavy atom. The van der Waals surface area contributed by atoms with Gasteiger partial charge in [-0.25, -0.2) is 19.3 Å². The lowest BCUT2D eigenvalue weighted by Crippen LogP contribution is -2.52. The number of piperidine rings is 1. The van der Waals surface area contributed by atoms with Crippen molar-refractivity contribution in [3.05, 3.63) is 58.1 Å². The van der Waals surface area contributed by atoms with Gasteiger partial charge in [0, 0.05) is 41.9 Å². The van der Waals surface area contributed by atoms with Crippen LogP contribution in [0.2, 0.25) is 5.02 Å². The first-order chi connectivity index (χ1) is 34.4. The van der Waals surface area contributed by atoms with Crippen LogP contribution in [0.25, 0.3) is 0 Å². The highest BCUT2D eigenvalue weighted by atomic mass is 35.5. The summed E-state index contributed by atoms with van der Waals surface area (Å²) in [5.41, 5.74) is 0.888. The maximum atomic E-state index is 13.0. The van der Waals surface area contributed by atoms with Crippen LogP contribution < -0.4 is 20.7 Å². The normalized spacial score (nSPS) is 14.7. The van der Waals surface area contributed by atoms with E-state index in [1.165, 1.54) is 4.90 Å². The number of hydrogen-bond donors (Lipinski definition) is 3. The van der Waals surface area contributed by atoms with Gasteiger partial charge >= 0.3 is 18.2 Å². The summed E-state index contributed by atoms with van der Waals surface area (Å²) in [6, 6.07) is 8.94. The van der Waals surface area contributed by atoms with E-state index >= 15 is 0 Å². The fraction of sp³-hybridized carbons (Fsp3) is 0.633. The van der Waals surface area contributed by atoms with E-state index < -0.39 is 41.4 Å². The van der Waals surface area contributed by atoms with Crippen LogP contribution in [0, 0.1) is 0 Å². The number of carbonyl (C=O) groups excluding carboxylic acids is 6. The van der Waals surface area contributed by atoms with Gasteiger partial charge in [-0.15, -0.1) is 0 Å². The van der Waals surface area contributed by atoms with E-state index in [4.69, 9.17) is 63.7 Å². The summed E-state index contributed by atoms with van der Waals surface area (Å²) in [6.45, 7) is 16.7. The van der Waals surface area contributed by atoms with E-state index in [0.717, 1.165) is 16.0 Å². The molecule has 22 nitrogen and oxygen atoms in total. The number of amides is 7. The van der Waals surface area contributed by atoms with Crippen molar-refractivity contribution in [1.82, 2.24) is 20.4 Å². The number of anilines is 1. The fourth-order valence-corrected chi connectivity index (χ4v) is 6.95.